The minimum atomic E-state index is 0.598. The van der Waals surface area contributed by atoms with E-state index in [-0.39, 0.29) is 0 Å². The average molecular weight is 231 g/mol. The van der Waals surface area contributed by atoms with Crippen molar-refractivity contribution in [3.05, 3.63) is 24.4 Å². The van der Waals surface area contributed by atoms with Crippen molar-refractivity contribution in [2.75, 3.05) is 24.5 Å². The molecule has 2 aliphatic heterocycles. The molecule has 3 rings (SSSR count). The zero-order valence-corrected chi connectivity index (χ0v) is 10.4. The highest BCUT2D eigenvalue weighted by atomic mass is 15.4. The summed E-state index contributed by atoms with van der Waals surface area (Å²) in [5, 5.41) is 0. The molecule has 0 N–H and O–H groups in total. The number of anilines is 1. The number of piperidine rings is 1. The maximum Gasteiger partial charge on any atom is 0.129 e. The van der Waals surface area contributed by atoms with Gasteiger partial charge in [0.1, 0.15) is 5.82 Å². The van der Waals surface area contributed by atoms with Crippen molar-refractivity contribution in [1.29, 1.82) is 0 Å². The molecule has 2 aliphatic rings. The van der Waals surface area contributed by atoms with E-state index in [1.165, 1.54) is 45.2 Å². The van der Waals surface area contributed by atoms with Crippen LogP contribution in [-0.4, -0.2) is 35.7 Å². The van der Waals surface area contributed by atoms with Crippen LogP contribution in [0.1, 0.15) is 32.1 Å². The van der Waals surface area contributed by atoms with Gasteiger partial charge in [-0.3, -0.25) is 4.90 Å². The molecule has 1 unspecified atom stereocenters. The molecule has 0 aromatic carbocycles. The van der Waals surface area contributed by atoms with Crippen LogP contribution in [0.3, 0.4) is 0 Å². The Bertz CT molecular complexity index is 346. The summed E-state index contributed by atoms with van der Waals surface area (Å²) in [5.41, 5.74) is 0. The van der Waals surface area contributed by atoms with Crippen LogP contribution in [0.15, 0.2) is 24.4 Å². The van der Waals surface area contributed by atoms with E-state index < -0.39 is 0 Å². The first kappa shape index (κ1) is 11.0. The zero-order chi connectivity index (χ0) is 11.5. The van der Waals surface area contributed by atoms with E-state index in [1.807, 2.05) is 12.3 Å². The van der Waals surface area contributed by atoms with Gasteiger partial charge in [0.2, 0.25) is 0 Å². The lowest BCUT2D eigenvalue weighted by molar-refractivity contribution is 0.200. The molecule has 3 nitrogen and oxygen atoms in total. The van der Waals surface area contributed by atoms with Gasteiger partial charge in [-0.15, -0.1) is 0 Å². The molecule has 0 amide bonds. The minimum absolute atomic E-state index is 0.598. The largest absolute Gasteiger partial charge is 0.341 e. The van der Waals surface area contributed by atoms with Gasteiger partial charge in [-0.05, 0) is 44.2 Å². The third-order valence-electron chi connectivity index (χ3n) is 3.98. The number of aromatic nitrogens is 1. The number of hydrogen-bond acceptors (Lipinski definition) is 3. The van der Waals surface area contributed by atoms with Crippen molar-refractivity contribution >= 4 is 5.82 Å². The second kappa shape index (κ2) is 5.05. The lowest BCUT2D eigenvalue weighted by atomic mass is 10.1. The Morgan fingerprint density at radius 1 is 1.00 bits per heavy atom. The molecule has 3 heteroatoms. The molecule has 0 spiro atoms. The summed E-state index contributed by atoms with van der Waals surface area (Å²) in [5.74, 6) is 1.16. The van der Waals surface area contributed by atoms with Crippen LogP contribution in [0, 0.1) is 0 Å². The maximum absolute atomic E-state index is 4.52. The number of rotatable bonds is 2. The molecule has 0 bridgehead atoms. The molecule has 1 aromatic heterocycles. The number of hydrogen-bond donors (Lipinski definition) is 0. The Morgan fingerprint density at radius 3 is 2.59 bits per heavy atom. The highest BCUT2D eigenvalue weighted by Crippen LogP contribution is 2.27. The van der Waals surface area contributed by atoms with Crippen LogP contribution >= 0.6 is 0 Å². The van der Waals surface area contributed by atoms with Gasteiger partial charge < -0.3 is 4.90 Å². The molecule has 1 atom stereocenters. The first-order valence-corrected chi connectivity index (χ1v) is 6.87. The van der Waals surface area contributed by atoms with Crippen LogP contribution in [0.25, 0.3) is 0 Å². The maximum atomic E-state index is 4.52. The van der Waals surface area contributed by atoms with Gasteiger partial charge >= 0.3 is 0 Å². The number of pyridine rings is 1. The van der Waals surface area contributed by atoms with E-state index in [0.29, 0.717) is 6.17 Å². The van der Waals surface area contributed by atoms with Gasteiger partial charge in [0.05, 0.1) is 6.17 Å². The molecular formula is C14H21N3. The SMILES string of the molecule is c1ccc(N2CCCCC2N2CCCC2)nc1. The summed E-state index contributed by atoms with van der Waals surface area (Å²) < 4.78 is 0. The van der Waals surface area contributed by atoms with E-state index >= 15 is 0 Å². The van der Waals surface area contributed by atoms with Crippen LogP contribution in [0.2, 0.25) is 0 Å². The summed E-state index contributed by atoms with van der Waals surface area (Å²) in [6, 6.07) is 6.24. The molecule has 2 saturated heterocycles. The van der Waals surface area contributed by atoms with E-state index in [9.17, 15) is 0 Å². The molecule has 17 heavy (non-hydrogen) atoms. The second-order valence-corrected chi connectivity index (χ2v) is 5.10. The first-order chi connectivity index (χ1) is 8.45. The van der Waals surface area contributed by atoms with Crippen molar-refractivity contribution < 1.29 is 0 Å². The number of nitrogens with zero attached hydrogens (tertiary/aromatic N) is 3. The van der Waals surface area contributed by atoms with Gasteiger partial charge in [-0.25, -0.2) is 4.98 Å². The van der Waals surface area contributed by atoms with Gasteiger partial charge in [0, 0.05) is 25.8 Å². The third kappa shape index (κ3) is 2.29. The Hall–Kier alpha value is -1.09. The molecule has 92 valence electrons. The Balaban J connectivity index is 1.80. The van der Waals surface area contributed by atoms with Crippen LogP contribution in [0.4, 0.5) is 5.82 Å². The number of likely N-dealkylation sites (tertiary alicyclic amines) is 1. The van der Waals surface area contributed by atoms with Crippen LogP contribution in [-0.2, 0) is 0 Å². The summed E-state index contributed by atoms with van der Waals surface area (Å²) >= 11 is 0. The van der Waals surface area contributed by atoms with Crippen molar-refractivity contribution in [2.24, 2.45) is 0 Å². The van der Waals surface area contributed by atoms with Gasteiger partial charge in [0.25, 0.3) is 0 Å². The molecule has 0 radical (unpaired) electrons. The zero-order valence-electron chi connectivity index (χ0n) is 10.4. The first-order valence-electron chi connectivity index (χ1n) is 6.87. The summed E-state index contributed by atoms with van der Waals surface area (Å²) in [6.07, 6.45) is 9.22. The van der Waals surface area contributed by atoms with Crippen molar-refractivity contribution in [3.8, 4) is 0 Å². The fraction of sp³-hybridized carbons (Fsp3) is 0.643. The normalized spacial score (nSPS) is 26.4. The van der Waals surface area contributed by atoms with E-state index in [0.717, 1.165) is 12.4 Å². The molecule has 0 saturated carbocycles. The highest BCUT2D eigenvalue weighted by Gasteiger charge is 2.30. The second-order valence-electron chi connectivity index (χ2n) is 5.10. The predicted molar refractivity (Wildman–Crippen MR) is 70.0 cm³/mol. The summed E-state index contributed by atoms with van der Waals surface area (Å²) in [6.45, 7) is 3.71. The molecule has 3 heterocycles. The lowest BCUT2D eigenvalue weighted by Gasteiger charge is -2.41. The molecule has 1 aromatic rings. The third-order valence-corrected chi connectivity index (χ3v) is 3.98. The van der Waals surface area contributed by atoms with E-state index in [4.69, 9.17) is 0 Å². The smallest absolute Gasteiger partial charge is 0.129 e. The standard InChI is InChI=1S/C14H21N3/c1-3-9-15-13(7-1)17-12-4-2-8-14(17)16-10-5-6-11-16/h1,3,7,9,14H,2,4-6,8,10-12H2. The lowest BCUT2D eigenvalue weighted by Crippen LogP contribution is -2.50. The predicted octanol–water partition coefficient (Wildman–Crippen LogP) is 2.49. The van der Waals surface area contributed by atoms with Crippen molar-refractivity contribution in [2.45, 2.75) is 38.3 Å². The Kier molecular flexibility index (Phi) is 3.27. The van der Waals surface area contributed by atoms with Crippen molar-refractivity contribution in [1.82, 2.24) is 9.88 Å². The van der Waals surface area contributed by atoms with Gasteiger partial charge in [-0.2, -0.15) is 0 Å². The summed E-state index contributed by atoms with van der Waals surface area (Å²) in [4.78, 5) is 9.68. The Labute approximate surface area is 103 Å². The topological polar surface area (TPSA) is 19.4 Å². The average Bonchev–Trinajstić information content (AvgIpc) is 2.94. The van der Waals surface area contributed by atoms with Crippen molar-refractivity contribution in [3.63, 3.8) is 0 Å². The van der Waals surface area contributed by atoms with Gasteiger partial charge in [0.15, 0.2) is 0 Å². The van der Waals surface area contributed by atoms with Crippen LogP contribution in [0.5, 0.6) is 0 Å². The van der Waals surface area contributed by atoms with Crippen LogP contribution < -0.4 is 4.90 Å². The fourth-order valence-corrected chi connectivity index (χ4v) is 3.12. The van der Waals surface area contributed by atoms with E-state index in [1.54, 1.807) is 0 Å². The van der Waals surface area contributed by atoms with Gasteiger partial charge in [-0.1, -0.05) is 6.07 Å². The molecule has 0 aliphatic carbocycles. The Morgan fingerprint density at radius 2 is 1.82 bits per heavy atom. The van der Waals surface area contributed by atoms with E-state index in [2.05, 4.69) is 26.9 Å². The summed E-state index contributed by atoms with van der Waals surface area (Å²) in [7, 11) is 0. The fourth-order valence-electron chi connectivity index (χ4n) is 3.12. The minimum Gasteiger partial charge on any atom is -0.341 e. The molecular weight excluding hydrogens is 210 g/mol. The quantitative estimate of drug-likeness (QED) is 0.779. The highest BCUT2D eigenvalue weighted by molar-refractivity contribution is 5.39. The monoisotopic (exact) mass is 231 g/mol. The molecule has 2 fully saturated rings.